The lowest BCUT2D eigenvalue weighted by molar-refractivity contribution is -0.146. The van der Waals surface area contributed by atoms with E-state index in [0.717, 1.165) is 11.1 Å². The molecule has 0 bridgehead atoms. The van der Waals surface area contributed by atoms with Crippen LogP contribution < -0.4 is 5.48 Å². The van der Waals surface area contributed by atoms with Gasteiger partial charge < -0.3 is 9.64 Å². The van der Waals surface area contributed by atoms with Gasteiger partial charge in [0, 0.05) is 19.1 Å². The molecule has 24 heavy (non-hydrogen) atoms. The maximum absolute atomic E-state index is 13.2. The third-order valence-electron chi connectivity index (χ3n) is 5.40. The molecule has 0 aromatic heterocycles. The number of carbonyl (C=O) groups is 2. The van der Waals surface area contributed by atoms with Crippen LogP contribution in [0.5, 0.6) is 0 Å². The first-order valence-electron chi connectivity index (χ1n) is 8.37. The van der Waals surface area contributed by atoms with Crippen LogP contribution in [0.15, 0.2) is 24.3 Å². The van der Waals surface area contributed by atoms with Crippen molar-refractivity contribution in [2.24, 2.45) is 5.92 Å². The summed E-state index contributed by atoms with van der Waals surface area (Å²) in [6.45, 7) is 5.45. The van der Waals surface area contributed by atoms with Crippen molar-refractivity contribution in [3.8, 4) is 0 Å². The van der Waals surface area contributed by atoms with E-state index < -0.39 is 17.4 Å². The molecule has 2 unspecified atom stereocenters. The van der Waals surface area contributed by atoms with Crippen LogP contribution in [0.2, 0.25) is 0 Å². The number of nitrogens with zero attached hydrogens (tertiary/aromatic N) is 1. The Hall–Kier alpha value is -1.92. The quantitative estimate of drug-likeness (QED) is 0.645. The summed E-state index contributed by atoms with van der Waals surface area (Å²) in [6, 6.07) is 7.28. The third kappa shape index (κ3) is 2.80. The number of likely N-dealkylation sites (tertiary alicyclic amines) is 1. The zero-order valence-corrected chi connectivity index (χ0v) is 14.1. The number of nitrogens with one attached hydrogen (secondary N) is 1. The molecule has 2 fully saturated rings. The fourth-order valence-electron chi connectivity index (χ4n) is 3.80. The highest BCUT2D eigenvalue weighted by atomic mass is 16.5. The summed E-state index contributed by atoms with van der Waals surface area (Å²) >= 11 is 0. The normalized spacial score (nSPS) is 28.2. The predicted octanol–water partition coefficient (Wildman–Crippen LogP) is 1.40. The molecule has 2 N–H and O–H groups in total. The highest BCUT2D eigenvalue weighted by Gasteiger charge is 2.49. The Labute approximate surface area is 141 Å². The lowest BCUT2D eigenvalue weighted by Gasteiger charge is -2.32. The minimum absolute atomic E-state index is 0.0631. The average Bonchev–Trinajstić information content (AvgIpc) is 3.20. The topological polar surface area (TPSA) is 78.9 Å². The molecule has 0 saturated carbocycles. The molecule has 3 atom stereocenters. The van der Waals surface area contributed by atoms with E-state index in [9.17, 15) is 9.59 Å². The number of hydroxylamine groups is 1. The van der Waals surface area contributed by atoms with Crippen molar-refractivity contribution in [3.05, 3.63) is 35.4 Å². The standard InChI is InChI=1S/C18H24N2O4/c1-12-3-5-14(6-4-12)18(2)8-9-20(17(18)22)15(16(21)19-23)13-7-10-24-11-13/h3-6,13,15,23H,7-11H2,1-2H3,(H,19,21)/t13?,15-,18?/m1/s1. The van der Waals surface area contributed by atoms with Crippen molar-refractivity contribution in [1.29, 1.82) is 0 Å². The van der Waals surface area contributed by atoms with E-state index in [-0.39, 0.29) is 11.8 Å². The second-order valence-corrected chi connectivity index (χ2v) is 6.99. The summed E-state index contributed by atoms with van der Waals surface area (Å²) in [5.41, 5.74) is 3.20. The van der Waals surface area contributed by atoms with Gasteiger partial charge in [-0.3, -0.25) is 14.8 Å². The molecule has 6 nitrogen and oxygen atoms in total. The van der Waals surface area contributed by atoms with Gasteiger partial charge in [-0.2, -0.15) is 0 Å². The minimum Gasteiger partial charge on any atom is -0.381 e. The number of rotatable bonds is 4. The molecule has 1 aromatic rings. The molecule has 130 valence electrons. The maximum atomic E-state index is 13.2. The van der Waals surface area contributed by atoms with E-state index in [4.69, 9.17) is 9.94 Å². The first-order chi connectivity index (χ1) is 11.5. The minimum atomic E-state index is -0.683. The number of hydrogen-bond donors (Lipinski definition) is 2. The summed E-state index contributed by atoms with van der Waals surface area (Å²) in [5.74, 6) is -0.680. The van der Waals surface area contributed by atoms with Gasteiger partial charge in [-0.25, -0.2) is 5.48 Å². The zero-order valence-electron chi connectivity index (χ0n) is 14.1. The molecular weight excluding hydrogens is 308 g/mol. The largest absolute Gasteiger partial charge is 0.381 e. The summed E-state index contributed by atoms with van der Waals surface area (Å²) in [5, 5.41) is 9.11. The van der Waals surface area contributed by atoms with Crippen molar-refractivity contribution < 1.29 is 19.5 Å². The summed E-state index contributed by atoms with van der Waals surface area (Å²) in [4.78, 5) is 27.0. The Bertz CT molecular complexity index is 624. The monoisotopic (exact) mass is 332 g/mol. The third-order valence-corrected chi connectivity index (χ3v) is 5.40. The first-order valence-corrected chi connectivity index (χ1v) is 8.37. The highest BCUT2D eigenvalue weighted by Crippen LogP contribution is 2.38. The van der Waals surface area contributed by atoms with Crippen LogP contribution in [0, 0.1) is 12.8 Å². The Kier molecular flexibility index (Phi) is 4.60. The Morgan fingerprint density at radius 3 is 2.71 bits per heavy atom. The van der Waals surface area contributed by atoms with Crippen LogP contribution in [-0.2, 0) is 19.7 Å². The van der Waals surface area contributed by atoms with Gasteiger partial charge >= 0.3 is 0 Å². The molecule has 2 amide bonds. The van der Waals surface area contributed by atoms with E-state index in [2.05, 4.69) is 0 Å². The number of hydrogen-bond acceptors (Lipinski definition) is 4. The molecule has 1 aromatic carbocycles. The number of carbonyl (C=O) groups excluding carboxylic acids is 2. The number of benzene rings is 1. The Balaban J connectivity index is 1.88. The second kappa shape index (κ2) is 6.53. The van der Waals surface area contributed by atoms with Crippen LogP contribution in [0.3, 0.4) is 0 Å². The first kappa shape index (κ1) is 16.9. The maximum Gasteiger partial charge on any atom is 0.266 e. The van der Waals surface area contributed by atoms with Crippen LogP contribution in [0.25, 0.3) is 0 Å². The van der Waals surface area contributed by atoms with Crippen LogP contribution >= 0.6 is 0 Å². The molecule has 3 rings (SSSR count). The molecule has 0 spiro atoms. The van der Waals surface area contributed by atoms with Crippen molar-refractivity contribution in [2.75, 3.05) is 19.8 Å². The van der Waals surface area contributed by atoms with Crippen molar-refractivity contribution in [3.63, 3.8) is 0 Å². The summed E-state index contributed by atoms with van der Waals surface area (Å²) < 4.78 is 5.38. The van der Waals surface area contributed by atoms with Gasteiger partial charge in [0.1, 0.15) is 6.04 Å². The predicted molar refractivity (Wildman–Crippen MR) is 87.5 cm³/mol. The van der Waals surface area contributed by atoms with Crippen LogP contribution in [-0.4, -0.2) is 47.7 Å². The SMILES string of the molecule is Cc1ccc(C2(C)CCN([C@@H](C(=O)NO)C3CCOC3)C2=O)cc1. The van der Waals surface area contributed by atoms with Gasteiger partial charge in [-0.15, -0.1) is 0 Å². The van der Waals surface area contributed by atoms with Gasteiger partial charge in [0.25, 0.3) is 5.91 Å². The zero-order chi connectivity index (χ0) is 17.3. The fraction of sp³-hybridized carbons (Fsp3) is 0.556. The lowest BCUT2D eigenvalue weighted by Crippen LogP contribution is -2.53. The van der Waals surface area contributed by atoms with Crippen LogP contribution in [0.4, 0.5) is 0 Å². The Morgan fingerprint density at radius 1 is 1.42 bits per heavy atom. The van der Waals surface area contributed by atoms with Crippen molar-refractivity contribution >= 4 is 11.8 Å². The molecule has 0 aliphatic carbocycles. The molecule has 2 heterocycles. The van der Waals surface area contributed by atoms with Crippen LogP contribution in [0.1, 0.15) is 30.9 Å². The Morgan fingerprint density at radius 2 is 2.12 bits per heavy atom. The number of aryl methyl sites for hydroxylation is 1. The van der Waals surface area contributed by atoms with E-state index >= 15 is 0 Å². The molecule has 6 heteroatoms. The van der Waals surface area contributed by atoms with Crippen molar-refractivity contribution in [1.82, 2.24) is 10.4 Å². The highest BCUT2D eigenvalue weighted by molar-refractivity contribution is 5.94. The fourth-order valence-corrected chi connectivity index (χ4v) is 3.80. The van der Waals surface area contributed by atoms with Gasteiger partial charge in [0.05, 0.1) is 12.0 Å². The van der Waals surface area contributed by atoms with E-state index in [0.29, 0.717) is 32.6 Å². The van der Waals surface area contributed by atoms with Gasteiger partial charge in [-0.05, 0) is 32.3 Å². The van der Waals surface area contributed by atoms with E-state index in [1.807, 2.05) is 38.1 Å². The molecule has 2 saturated heterocycles. The summed E-state index contributed by atoms with van der Waals surface area (Å²) in [7, 11) is 0. The number of amides is 2. The molecule has 2 aliphatic rings. The van der Waals surface area contributed by atoms with E-state index in [1.165, 1.54) is 0 Å². The summed E-state index contributed by atoms with van der Waals surface area (Å²) in [6.07, 6.45) is 1.36. The van der Waals surface area contributed by atoms with Gasteiger partial charge in [0.2, 0.25) is 5.91 Å². The molecule has 0 radical (unpaired) electrons. The lowest BCUT2D eigenvalue weighted by atomic mass is 9.80. The molecular formula is C18H24N2O4. The average molecular weight is 332 g/mol. The van der Waals surface area contributed by atoms with Gasteiger partial charge in [0.15, 0.2) is 0 Å². The second-order valence-electron chi connectivity index (χ2n) is 6.99. The smallest absolute Gasteiger partial charge is 0.266 e. The van der Waals surface area contributed by atoms with Crippen molar-refractivity contribution in [2.45, 2.75) is 38.1 Å². The van der Waals surface area contributed by atoms with E-state index in [1.54, 1.807) is 10.4 Å². The molecule has 2 aliphatic heterocycles. The van der Waals surface area contributed by atoms with Gasteiger partial charge in [-0.1, -0.05) is 29.8 Å². The number of ether oxygens (including phenoxy) is 1.